The molecule has 16 valence electrons. The molecular formula is As2Mg3. The van der Waals surface area contributed by atoms with Crippen molar-refractivity contribution in [2.45, 2.75) is 0 Å². The Morgan fingerprint density at radius 3 is 0.400 bits per heavy atom. The maximum absolute atomic E-state index is 0. The summed E-state index contributed by atoms with van der Waals surface area (Å²) in [5, 5.41) is 0. The summed E-state index contributed by atoms with van der Waals surface area (Å²) >= 11 is 0. The molecule has 0 spiro atoms. The third-order valence-electron chi connectivity index (χ3n) is 0. The molecule has 0 radical (unpaired) electrons. The molecule has 0 aliphatic heterocycles. The van der Waals surface area contributed by atoms with Gasteiger partial charge in [-0.1, -0.05) is 0 Å². The van der Waals surface area contributed by atoms with Gasteiger partial charge in [-0.3, -0.25) is 0 Å². The average molecular weight is 223 g/mol. The van der Waals surface area contributed by atoms with Crippen LogP contribution in [-0.4, -0.2) is 105 Å². The first-order valence-corrected chi connectivity index (χ1v) is 0. The monoisotopic (exact) mass is 222 g/mol. The SMILES string of the molecule is [As-3].[As-3].[Mg+2].[Mg+2].[Mg+2]. The first-order chi connectivity index (χ1) is 0. The summed E-state index contributed by atoms with van der Waals surface area (Å²) in [6, 6.07) is 0. The Morgan fingerprint density at radius 1 is 0.400 bits per heavy atom. The molecule has 0 N–H and O–H groups in total. The molecule has 0 saturated carbocycles. The molecule has 0 rings (SSSR count). The fraction of sp³-hybridized carbons (Fsp3) is 0. The predicted octanol–water partition coefficient (Wildman–Crippen LogP) is -1.90. The minimum Gasteiger partial charge on any atom is -3.00 e. The van der Waals surface area contributed by atoms with E-state index in [-0.39, 0.29) is 105 Å². The Morgan fingerprint density at radius 2 is 0.400 bits per heavy atom. The van der Waals surface area contributed by atoms with Gasteiger partial charge in [0, 0.05) is 0 Å². The number of hydrogen-bond donors (Lipinski definition) is 0. The Labute approximate surface area is 103 Å². The van der Waals surface area contributed by atoms with Crippen molar-refractivity contribution in [1.29, 1.82) is 0 Å². The van der Waals surface area contributed by atoms with Crippen LogP contribution in [-0.2, 0) is 0 Å². The van der Waals surface area contributed by atoms with E-state index in [0.717, 1.165) is 0 Å². The van der Waals surface area contributed by atoms with Crippen LogP contribution in [0.15, 0.2) is 0 Å². The molecule has 0 saturated heterocycles. The van der Waals surface area contributed by atoms with Gasteiger partial charge in [0.05, 0.1) is 0 Å². The van der Waals surface area contributed by atoms with Crippen LogP contribution in [0.2, 0.25) is 0 Å². The van der Waals surface area contributed by atoms with Crippen molar-refractivity contribution in [3.8, 4) is 0 Å². The van der Waals surface area contributed by atoms with Gasteiger partial charge in [-0.25, -0.2) is 0 Å². The van der Waals surface area contributed by atoms with E-state index in [9.17, 15) is 0 Å². The molecule has 0 unspecified atom stereocenters. The maximum atomic E-state index is 0. The van der Waals surface area contributed by atoms with Crippen molar-refractivity contribution in [2.75, 3.05) is 0 Å². The van der Waals surface area contributed by atoms with Crippen LogP contribution >= 0.6 is 0 Å². The van der Waals surface area contributed by atoms with Crippen molar-refractivity contribution in [3.63, 3.8) is 0 Å². The minimum atomic E-state index is 0. The first kappa shape index (κ1) is 39.7. The van der Waals surface area contributed by atoms with Gasteiger partial charge in [0.15, 0.2) is 0 Å². The van der Waals surface area contributed by atoms with Crippen LogP contribution in [0.4, 0.5) is 0 Å². The second-order valence-corrected chi connectivity index (χ2v) is 0. The van der Waals surface area contributed by atoms with Gasteiger partial charge in [-0.2, -0.15) is 0 Å². The molecule has 0 aliphatic rings. The van der Waals surface area contributed by atoms with E-state index in [1.165, 1.54) is 0 Å². The summed E-state index contributed by atoms with van der Waals surface area (Å²) in [6.45, 7) is 0. The molecular weight excluding hydrogens is 223 g/mol. The third kappa shape index (κ3) is 18.6. The minimum absolute atomic E-state index is 0. The van der Waals surface area contributed by atoms with Gasteiger partial charge in [0.25, 0.3) is 0 Å². The molecule has 0 heterocycles. The topological polar surface area (TPSA) is 0 Å². The molecule has 0 nitrogen and oxygen atoms in total. The van der Waals surface area contributed by atoms with Crippen LogP contribution in [0.25, 0.3) is 0 Å². The molecule has 5 heteroatoms. The zero-order chi connectivity index (χ0) is 0. The van der Waals surface area contributed by atoms with E-state index in [0.29, 0.717) is 0 Å². The van der Waals surface area contributed by atoms with Gasteiger partial charge < -0.3 is 35.9 Å². The number of rotatable bonds is 0. The second kappa shape index (κ2) is 26.2. The van der Waals surface area contributed by atoms with Crippen LogP contribution < -0.4 is 0 Å². The fourth-order valence-electron chi connectivity index (χ4n) is 0. The zero-order valence-electron chi connectivity index (χ0n) is 3.02. The summed E-state index contributed by atoms with van der Waals surface area (Å²) in [7, 11) is 0. The van der Waals surface area contributed by atoms with Crippen LogP contribution in [0.1, 0.15) is 0 Å². The molecule has 0 fully saturated rings. The van der Waals surface area contributed by atoms with Crippen LogP contribution in [0, 0.1) is 0 Å². The Balaban J connectivity index is 0. The van der Waals surface area contributed by atoms with Gasteiger partial charge in [-0.05, 0) is 0 Å². The van der Waals surface area contributed by atoms with E-state index in [4.69, 9.17) is 0 Å². The molecule has 0 aromatic rings. The first-order valence-electron chi connectivity index (χ1n) is 0. The summed E-state index contributed by atoms with van der Waals surface area (Å²) in [4.78, 5) is 0. The summed E-state index contributed by atoms with van der Waals surface area (Å²) in [5.74, 6) is 0. The quantitative estimate of drug-likeness (QED) is 0.420. The smallest absolute Gasteiger partial charge is 2.00 e. The van der Waals surface area contributed by atoms with Crippen molar-refractivity contribution in [2.24, 2.45) is 0 Å². The standard InChI is InChI=1S/2As.3Mg/q2*-3;3*+2. The van der Waals surface area contributed by atoms with Crippen molar-refractivity contribution in [1.82, 2.24) is 0 Å². The molecule has 0 aliphatic carbocycles. The van der Waals surface area contributed by atoms with E-state index in [1.54, 1.807) is 0 Å². The largest absolute Gasteiger partial charge is 3.00 e. The van der Waals surface area contributed by atoms with Gasteiger partial charge in [0.1, 0.15) is 0 Å². The third-order valence-corrected chi connectivity index (χ3v) is 0. The zero-order valence-corrected chi connectivity index (χ0v) is 11.0. The molecule has 0 amide bonds. The Bertz CT molecular complexity index is 4.85. The van der Waals surface area contributed by atoms with Crippen molar-refractivity contribution in [3.05, 3.63) is 0 Å². The van der Waals surface area contributed by atoms with E-state index < -0.39 is 0 Å². The Kier molecular flexibility index (Phi) is 208. The van der Waals surface area contributed by atoms with E-state index >= 15 is 0 Å². The molecule has 0 atom stereocenters. The van der Waals surface area contributed by atoms with Crippen molar-refractivity contribution >= 4 is 105 Å². The van der Waals surface area contributed by atoms with Gasteiger partial charge in [-0.15, -0.1) is 0 Å². The van der Waals surface area contributed by atoms with E-state index in [2.05, 4.69) is 0 Å². The summed E-state index contributed by atoms with van der Waals surface area (Å²) < 4.78 is 0. The molecule has 0 aromatic carbocycles. The van der Waals surface area contributed by atoms with Crippen LogP contribution in [0.5, 0.6) is 0 Å². The van der Waals surface area contributed by atoms with Crippen molar-refractivity contribution < 1.29 is 0 Å². The van der Waals surface area contributed by atoms with Crippen LogP contribution in [0.3, 0.4) is 0 Å². The van der Waals surface area contributed by atoms with E-state index in [1.807, 2.05) is 0 Å². The Hall–Kier alpha value is 3.42. The average Bonchev–Trinajstić information content (AvgIpc) is 0. The van der Waals surface area contributed by atoms with Gasteiger partial charge >= 0.3 is 69.2 Å². The second-order valence-electron chi connectivity index (χ2n) is 0. The number of hydrogen-bond acceptors (Lipinski definition) is 0. The molecule has 0 aromatic heterocycles. The van der Waals surface area contributed by atoms with Gasteiger partial charge in [0.2, 0.25) is 0 Å². The summed E-state index contributed by atoms with van der Waals surface area (Å²) in [5.41, 5.74) is 0. The maximum Gasteiger partial charge on any atom is 2.00 e. The molecule has 5 heavy (non-hydrogen) atoms. The normalized spacial score (nSPS) is 0. The predicted molar refractivity (Wildman–Crippen MR) is 28.8 cm³/mol. The summed E-state index contributed by atoms with van der Waals surface area (Å²) in [6.07, 6.45) is 0. The molecule has 0 bridgehead atoms. The fourth-order valence-corrected chi connectivity index (χ4v) is 0.